The molecule has 0 aliphatic heterocycles. The molecule has 0 bridgehead atoms. The first-order valence-electron chi connectivity index (χ1n) is 8.89. The number of benzene rings is 2. The fourth-order valence-corrected chi connectivity index (χ4v) is 4.20. The van der Waals surface area contributed by atoms with Gasteiger partial charge in [-0.2, -0.15) is 0 Å². The van der Waals surface area contributed by atoms with Gasteiger partial charge in [-0.1, -0.05) is 41.3 Å². The molecule has 11 heteroatoms. The molecular weight excluding hydrogens is 440 g/mol. The molecule has 1 heterocycles. The number of nitro benzene ring substituents is 1. The van der Waals surface area contributed by atoms with Gasteiger partial charge in [-0.25, -0.2) is 0 Å². The predicted octanol–water partition coefficient (Wildman–Crippen LogP) is 4.41. The highest BCUT2D eigenvalue weighted by Crippen LogP contribution is 2.30. The Hall–Kier alpha value is -3.44. The Morgan fingerprint density at radius 2 is 2.00 bits per heavy atom. The zero-order valence-corrected chi connectivity index (χ0v) is 18.2. The maximum absolute atomic E-state index is 12.2. The number of nitrogens with one attached hydrogen (secondary N) is 1. The molecule has 0 fully saturated rings. The van der Waals surface area contributed by atoms with Crippen LogP contribution in [0.5, 0.6) is 11.5 Å². The van der Waals surface area contributed by atoms with Crippen molar-refractivity contribution in [2.45, 2.75) is 10.1 Å². The lowest BCUT2D eigenvalue weighted by Crippen LogP contribution is -2.07. The average Bonchev–Trinajstić information content (AvgIpc) is 3.23. The van der Waals surface area contributed by atoms with Crippen molar-refractivity contribution < 1.29 is 19.2 Å². The van der Waals surface area contributed by atoms with E-state index in [9.17, 15) is 14.9 Å². The number of ether oxygens (including phenoxy) is 2. The maximum atomic E-state index is 12.2. The number of carbonyl (C=O) groups is 1. The summed E-state index contributed by atoms with van der Waals surface area (Å²) in [6.07, 6.45) is 3.04. The van der Waals surface area contributed by atoms with Crippen molar-refractivity contribution in [3.8, 4) is 11.5 Å². The Balaban J connectivity index is 1.55. The topological polar surface area (TPSA) is 116 Å². The second-order valence-corrected chi connectivity index (χ2v) is 8.23. The Bertz CT molecular complexity index is 1120. The Morgan fingerprint density at radius 3 is 2.74 bits per heavy atom. The van der Waals surface area contributed by atoms with Crippen molar-refractivity contribution in [1.82, 2.24) is 10.2 Å². The number of thioether (sulfide) groups is 1. The van der Waals surface area contributed by atoms with Crippen molar-refractivity contribution in [3.05, 3.63) is 69.8 Å². The van der Waals surface area contributed by atoms with Crippen LogP contribution in [0.15, 0.2) is 52.9 Å². The number of methoxy groups -OCH3 is 2. The minimum atomic E-state index is -0.428. The third-order valence-corrected chi connectivity index (χ3v) is 6.00. The Morgan fingerprint density at radius 1 is 1.19 bits per heavy atom. The van der Waals surface area contributed by atoms with E-state index < -0.39 is 4.92 Å². The van der Waals surface area contributed by atoms with Gasteiger partial charge in [-0.3, -0.25) is 20.2 Å². The number of nitro groups is 1. The molecule has 0 radical (unpaired) electrons. The van der Waals surface area contributed by atoms with Crippen LogP contribution >= 0.6 is 23.1 Å². The number of rotatable bonds is 9. The summed E-state index contributed by atoms with van der Waals surface area (Å²) in [5.74, 6) is 1.33. The quantitative estimate of drug-likeness (QED) is 0.165. The molecule has 160 valence electrons. The Labute approximate surface area is 186 Å². The van der Waals surface area contributed by atoms with E-state index in [4.69, 9.17) is 9.47 Å². The summed E-state index contributed by atoms with van der Waals surface area (Å²) < 4.78 is 11.1. The second kappa shape index (κ2) is 10.5. The van der Waals surface area contributed by atoms with Gasteiger partial charge in [0.25, 0.3) is 5.69 Å². The SMILES string of the molecule is COc1ccc(/C=C/C(=O)Nc2nnc(SCc3cccc([N+](=O)[O-])c3)s2)cc1OC. The third kappa shape index (κ3) is 6.27. The fraction of sp³-hybridized carbons (Fsp3) is 0.150. The van der Waals surface area contributed by atoms with Crippen molar-refractivity contribution in [2.24, 2.45) is 0 Å². The van der Waals surface area contributed by atoms with Crippen LogP contribution in [-0.2, 0) is 10.5 Å². The second-order valence-electron chi connectivity index (χ2n) is 6.03. The fourth-order valence-electron chi connectivity index (χ4n) is 2.50. The molecule has 0 aliphatic carbocycles. The molecule has 0 saturated heterocycles. The van der Waals surface area contributed by atoms with Crippen LogP contribution in [0.1, 0.15) is 11.1 Å². The van der Waals surface area contributed by atoms with E-state index in [-0.39, 0.29) is 11.6 Å². The molecule has 1 aromatic heterocycles. The van der Waals surface area contributed by atoms with Crippen LogP contribution < -0.4 is 14.8 Å². The van der Waals surface area contributed by atoms with Gasteiger partial charge in [-0.15, -0.1) is 10.2 Å². The molecule has 9 nitrogen and oxygen atoms in total. The molecule has 3 aromatic rings. The van der Waals surface area contributed by atoms with Gasteiger partial charge in [0.15, 0.2) is 15.8 Å². The Kier molecular flexibility index (Phi) is 7.57. The maximum Gasteiger partial charge on any atom is 0.269 e. The monoisotopic (exact) mass is 458 g/mol. The van der Waals surface area contributed by atoms with E-state index in [1.807, 2.05) is 6.07 Å². The van der Waals surface area contributed by atoms with E-state index >= 15 is 0 Å². The van der Waals surface area contributed by atoms with Crippen LogP contribution in [0.25, 0.3) is 6.08 Å². The van der Waals surface area contributed by atoms with E-state index in [0.717, 1.165) is 11.1 Å². The van der Waals surface area contributed by atoms with Crippen LogP contribution in [0.2, 0.25) is 0 Å². The minimum absolute atomic E-state index is 0.0459. The molecule has 3 rings (SSSR count). The smallest absolute Gasteiger partial charge is 0.269 e. The number of amides is 1. The number of hydrogen-bond donors (Lipinski definition) is 1. The molecule has 1 amide bonds. The number of hydrogen-bond acceptors (Lipinski definition) is 9. The average molecular weight is 459 g/mol. The van der Waals surface area contributed by atoms with Crippen LogP contribution in [0.3, 0.4) is 0 Å². The summed E-state index contributed by atoms with van der Waals surface area (Å²) in [4.78, 5) is 22.6. The van der Waals surface area contributed by atoms with E-state index in [2.05, 4.69) is 15.5 Å². The first-order valence-corrected chi connectivity index (χ1v) is 10.7. The highest BCUT2D eigenvalue weighted by Gasteiger charge is 2.10. The lowest BCUT2D eigenvalue weighted by molar-refractivity contribution is -0.384. The summed E-state index contributed by atoms with van der Waals surface area (Å²) in [5, 5.41) is 21.9. The zero-order valence-electron chi connectivity index (χ0n) is 16.6. The van der Waals surface area contributed by atoms with E-state index in [1.54, 1.807) is 44.6 Å². The highest BCUT2D eigenvalue weighted by atomic mass is 32.2. The predicted molar refractivity (Wildman–Crippen MR) is 120 cm³/mol. The highest BCUT2D eigenvalue weighted by molar-refractivity contribution is 8.00. The third-order valence-electron chi connectivity index (χ3n) is 3.96. The number of anilines is 1. The summed E-state index contributed by atoms with van der Waals surface area (Å²) in [6, 6.07) is 11.7. The van der Waals surface area contributed by atoms with Gasteiger partial charge in [-0.05, 0) is 29.3 Å². The lowest BCUT2D eigenvalue weighted by atomic mass is 10.2. The van der Waals surface area contributed by atoms with E-state index in [0.29, 0.717) is 26.7 Å². The van der Waals surface area contributed by atoms with Crippen molar-refractivity contribution >= 4 is 45.9 Å². The van der Waals surface area contributed by atoms with Crippen LogP contribution in [0.4, 0.5) is 10.8 Å². The summed E-state index contributed by atoms with van der Waals surface area (Å²) >= 11 is 2.62. The number of non-ortho nitro benzene ring substituents is 1. The molecule has 0 unspecified atom stereocenters. The largest absolute Gasteiger partial charge is 0.493 e. The standard InChI is InChI=1S/C20H18N4O5S2/c1-28-16-8-6-13(11-17(16)29-2)7-9-18(25)21-19-22-23-20(31-19)30-12-14-4-3-5-15(10-14)24(26)27/h3-11H,12H2,1-2H3,(H,21,22,25)/b9-7+. The normalized spacial score (nSPS) is 10.8. The van der Waals surface area contributed by atoms with Crippen molar-refractivity contribution in [1.29, 1.82) is 0 Å². The first kappa shape index (κ1) is 22.2. The molecule has 1 N–H and O–H groups in total. The summed E-state index contributed by atoms with van der Waals surface area (Å²) in [6.45, 7) is 0. The number of nitrogens with zero attached hydrogens (tertiary/aromatic N) is 3. The number of carbonyl (C=O) groups excluding carboxylic acids is 1. The van der Waals surface area contributed by atoms with Gasteiger partial charge in [0.05, 0.1) is 19.1 Å². The van der Waals surface area contributed by atoms with Gasteiger partial charge >= 0.3 is 0 Å². The lowest BCUT2D eigenvalue weighted by Gasteiger charge is -2.07. The van der Waals surface area contributed by atoms with E-state index in [1.165, 1.54) is 41.3 Å². The molecule has 2 aromatic carbocycles. The molecule has 0 atom stereocenters. The summed E-state index contributed by atoms with van der Waals surface area (Å²) in [5.41, 5.74) is 1.63. The molecule has 31 heavy (non-hydrogen) atoms. The van der Waals surface area contributed by atoms with Crippen LogP contribution in [-0.4, -0.2) is 35.2 Å². The molecule has 0 spiro atoms. The van der Waals surface area contributed by atoms with Crippen LogP contribution in [0, 0.1) is 10.1 Å². The summed E-state index contributed by atoms with van der Waals surface area (Å²) in [7, 11) is 3.10. The molecule has 0 saturated carbocycles. The van der Waals surface area contributed by atoms with Crippen molar-refractivity contribution in [3.63, 3.8) is 0 Å². The zero-order chi connectivity index (χ0) is 22.2. The minimum Gasteiger partial charge on any atom is -0.493 e. The van der Waals surface area contributed by atoms with Crippen molar-refractivity contribution in [2.75, 3.05) is 19.5 Å². The number of aromatic nitrogens is 2. The van der Waals surface area contributed by atoms with Gasteiger partial charge in [0.2, 0.25) is 11.0 Å². The molecular formula is C20H18N4O5S2. The molecule has 0 aliphatic rings. The van der Waals surface area contributed by atoms with Gasteiger partial charge < -0.3 is 9.47 Å². The van der Waals surface area contributed by atoms with Gasteiger partial charge in [0, 0.05) is 24.0 Å². The van der Waals surface area contributed by atoms with Gasteiger partial charge in [0.1, 0.15) is 0 Å². The first-order chi connectivity index (χ1) is 15.0.